The number of aromatic nitrogens is 1. The molecule has 3 heteroatoms. The van der Waals surface area contributed by atoms with Crippen LogP contribution in [0.4, 0.5) is 0 Å². The minimum absolute atomic E-state index is 0.290. The number of hydrogen-bond donors (Lipinski definition) is 1. The minimum atomic E-state index is 0.290. The summed E-state index contributed by atoms with van der Waals surface area (Å²) in [7, 11) is 0. The first kappa shape index (κ1) is 15.0. The highest BCUT2D eigenvalue weighted by Gasteiger charge is 2.10. The molecule has 102 valence electrons. The molecule has 0 aliphatic carbocycles. The van der Waals surface area contributed by atoms with Crippen LogP contribution in [0, 0.1) is 5.41 Å². The van der Waals surface area contributed by atoms with E-state index in [0.717, 1.165) is 31.0 Å². The third kappa shape index (κ3) is 5.50. The highest BCUT2D eigenvalue weighted by molar-refractivity contribution is 5.21. The zero-order chi connectivity index (χ0) is 13.6. The van der Waals surface area contributed by atoms with Crippen molar-refractivity contribution >= 4 is 0 Å². The molecule has 1 aromatic heterocycles. The van der Waals surface area contributed by atoms with Crippen molar-refractivity contribution in [3.05, 3.63) is 24.0 Å². The molecule has 1 aromatic rings. The maximum absolute atomic E-state index is 5.69. The Bertz CT molecular complexity index is 341. The van der Waals surface area contributed by atoms with Gasteiger partial charge in [-0.3, -0.25) is 4.98 Å². The maximum atomic E-state index is 5.69. The topological polar surface area (TPSA) is 34.1 Å². The predicted octanol–water partition coefficient (Wildman–Crippen LogP) is 3.57. The largest absolute Gasteiger partial charge is 0.492 e. The van der Waals surface area contributed by atoms with Crippen molar-refractivity contribution < 1.29 is 4.74 Å². The molecule has 1 N–H and O–H groups in total. The van der Waals surface area contributed by atoms with Gasteiger partial charge in [0.2, 0.25) is 0 Å². The first-order valence-corrected chi connectivity index (χ1v) is 6.74. The molecular weight excluding hydrogens is 224 g/mol. The molecule has 0 bridgehead atoms. The molecule has 1 unspecified atom stereocenters. The smallest absolute Gasteiger partial charge is 0.137 e. The SMILES string of the molecule is CCNC(C)c1ccc(OCCC(C)(C)C)cn1. The van der Waals surface area contributed by atoms with Crippen molar-refractivity contribution in [2.45, 2.75) is 47.1 Å². The zero-order valence-electron chi connectivity index (χ0n) is 12.3. The molecule has 0 fully saturated rings. The molecule has 1 heterocycles. The third-order valence-electron chi connectivity index (χ3n) is 2.83. The second-order valence-corrected chi connectivity index (χ2v) is 5.86. The van der Waals surface area contributed by atoms with Gasteiger partial charge in [-0.15, -0.1) is 0 Å². The number of rotatable bonds is 6. The second kappa shape index (κ2) is 6.74. The Morgan fingerprint density at radius 1 is 1.33 bits per heavy atom. The summed E-state index contributed by atoms with van der Waals surface area (Å²) in [6.07, 6.45) is 2.86. The molecule has 3 nitrogen and oxygen atoms in total. The van der Waals surface area contributed by atoms with E-state index in [2.05, 4.69) is 44.9 Å². The van der Waals surface area contributed by atoms with Gasteiger partial charge in [-0.1, -0.05) is 27.7 Å². The van der Waals surface area contributed by atoms with Gasteiger partial charge in [0.05, 0.1) is 18.5 Å². The van der Waals surface area contributed by atoms with Crippen LogP contribution in [0.5, 0.6) is 5.75 Å². The van der Waals surface area contributed by atoms with Crippen LogP contribution in [0.3, 0.4) is 0 Å². The van der Waals surface area contributed by atoms with E-state index >= 15 is 0 Å². The Hall–Kier alpha value is -1.09. The number of pyridine rings is 1. The summed E-state index contributed by atoms with van der Waals surface area (Å²) in [6.45, 7) is 12.6. The highest BCUT2D eigenvalue weighted by atomic mass is 16.5. The lowest BCUT2D eigenvalue weighted by molar-refractivity contribution is 0.242. The summed E-state index contributed by atoms with van der Waals surface area (Å²) < 4.78 is 5.69. The van der Waals surface area contributed by atoms with Gasteiger partial charge >= 0.3 is 0 Å². The Balaban J connectivity index is 2.45. The molecule has 0 saturated carbocycles. The van der Waals surface area contributed by atoms with Gasteiger partial charge in [0.1, 0.15) is 5.75 Å². The molecule has 0 aromatic carbocycles. The summed E-state index contributed by atoms with van der Waals surface area (Å²) in [5.74, 6) is 0.853. The highest BCUT2D eigenvalue weighted by Crippen LogP contribution is 2.20. The Morgan fingerprint density at radius 3 is 2.56 bits per heavy atom. The van der Waals surface area contributed by atoms with Gasteiger partial charge in [0, 0.05) is 6.04 Å². The van der Waals surface area contributed by atoms with Crippen LogP contribution in [-0.4, -0.2) is 18.1 Å². The van der Waals surface area contributed by atoms with Crippen LogP contribution in [0.1, 0.15) is 52.8 Å². The van der Waals surface area contributed by atoms with E-state index in [1.807, 2.05) is 18.3 Å². The molecule has 18 heavy (non-hydrogen) atoms. The molecule has 0 aliphatic heterocycles. The molecule has 0 aliphatic rings. The maximum Gasteiger partial charge on any atom is 0.137 e. The van der Waals surface area contributed by atoms with Crippen molar-refractivity contribution in [1.82, 2.24) is 10.3 Å². The van der Waals surface area contributed by atoms with Gasteiger partial charge in [-0.05, 0) is 37.4 Å². The number of nitrogens with one attached hydrogen (secondary N) is 1. The third-order valence-corrected chi connectivity index (χ3v) is 2.83. The summed E-state index contributed by atoms with van der Waals surface area (Å²) in [6, 6.07) is 4.32. The quantitative estimate of drug-likeness (QED) is 0.838. The summed E-state index contributed by atoms with van der Waals surface area (Å²) in [4.78, 5) is 4.42. The summed E-state index contributed by atoms with van der Waals surface area (Å²) in [5.41, 5.74) is 1.37. The molecule has 0 saturated heterocycles. The van der Waals surface area contributed by atoms with Crippen molar-refractivity contribution in [3.63, 3.8) is 0 Å². The zero-order valence-corrected chi connectivity index (χ0v) is 12.3. The Morgan fingerprint density at radius 2 is 2.06 bits per heavy atom. The van der Waals surface area contributed by atoms with Crippen LogP contribution in [-0.2, 0) is 0 Å². The fourth-order valence-electron chi connectivity index (χ4n) is 1.62. The van der Waals surface area contributed by atoms with Crippen LogP contribution in [0.2, 0.25) is 0 Å². The van der Waals surface area contributed by atoms with Gasteiger partial charge < -0.3 is 10.1 Å². The van der Waals surface area contributed by atoms with Crippen molar-refractivity contribution in [1.29, 1.82) is 0 Å². The fraction of sp³-hybridized carbons (Fsp3) is 0.667. The average Bonchev–Trinajstić information content (AvgIpc) is 2.28. The number of nitrogens with zero attached hydrogens (tertiary/aromatic N) is 1. The van der Waals surface area contributed by atoms with Gasteiger partial charge in [0.15, 0.2) is 0 Å². The van der Waals surface area contributed by atoms with Crippen LogP contribution < -0.4 is 10.1 Å². The van der Waals surface area contributed by atoms with E-state index in [4.69, 9.17) is 4.74 Å². The molecular formula is C15H26N2O. The minimum Gasteiger partial charge on any atom is -0.492 e. The lowest BCUT2D eigenvalue weighted by Gasteiger charge is -2.18. The van der Waals surface area contributed by atoms with E-state index < -0.39 is 0 Å². The predicted molar refractivity (Wildman–Crippen MR) is 75.9 cm³/mol. The van der Waals surface area contributed by atoms with Crippen LogP contribution in [0.15, 0.2) is 18.3 Å². The van der Waals surface area contributed by atoms with Crippen LogP contribution in [0.25, 0.3) is 0 Å². The van der Waals surface area contributed by atoms with E-state index in [-0.39, 0.29) is 0 Å². The molecule has 0 radical (unpaired) electrons. The fourth-order valence-corrected chi connectivity index (χ4v) is 1.62. The van der Waals surface area contributed by atoms with Gasteiger partial charge in [-0.2, -0.15) is 0 Å². The monoisotopic (exact) mass is 250 g/mol. The first-order chi connectivity index (χ1) is 8.42. The van der Waals surface area contributed by atoms with E-state index in [1.54, 1.807) is 0 Å². The summed E-state index contributed by atoms with van der Waals surface area (Å²) in [5, 5.41) is 3.34. The Labute approximate surface area is 111 Å². The van der Waals surface area contributed by atoms with E-state index in [0.29, 0.717) is 11.5 Å². The standard InChI is InChI=1S/C15H26N2O/c1-6-16-12(2)14-8-7-13(11-17-14)18-10-9-15(3,4)5/h7-8,11-12,16H,6,9-10H2,1-5H3. The lowest BCUT2D eigenvalue weighted by Crippen LogP contribution is -2.18. The van der Waals surface area contributed by atoms with Crippen molar-refractivity contribution in [2.75, 3.05) is 13.2 Å². The average molecular weight is 250 g/mol. The first-order valence-electron chi connectivity index (χ1n) is 6.74. The van der Waals surface area contributed by atoms with Gasteiger partial charge in [0.25, 0.3) is 0 Å². The molecule has 0 amide bonds. The number of ether oxygens (including phenoxy) is 1. The van der Waals surface area contributed by atoms with E-state index in [1.165, 1.54) is 0 Å². The summed E-state index contributed by atoms with van der Waals surface area (Å²) >= 11 is 0. The number of hydrogen-bond acceptors (Lipinski definition) is 3. The Kier molecular flexibility index (Phi) is 5.60. The van der Waals surface area contributed by atoms with Crippen LogP contribution >= 0.6 is 0 Å². The lowest BCUT2D eigenvalue weighted by atomic mass is 9.93. The molecule has 1 atom stereocenters. The van der Waals surface area contributed by atoms with Crippen molar-refractivity contribution in [2.24, 2.45) is 5.41 Å². The molecule has 0 spiro atoms. The second-order valence-electron chi connectivity index (χ2n) is 5.86. The van der Waals surface area contributed by atoms with Crippen molar-refractivity contribution in [3.8, 4) is 5.75 Å². The van der Waals surface area contributed by atoms with Gasteiger partial charge in [-0.25, -0.2) is 0 Å². The van der Waals surface area contributed by atoms with E-state index in [9.17, 15) is 0 Å². The molecule has 1 rings (SSSR count). The normalized spacial score (nSPS) is 13.4.